The molecule has 0 radical (unpaired) electrons. The molecule has 0 saturated carbocycles. The van der Waals surface area contributed by atoms with Crippen LogP contribution in [-0.4, -0.2) is 26.6 Å². The molecule has 0 fully saturated rings. The van der Waals surface area contributed by atoms with Crippen LogP contribution in [0.2, 0.25) is 0 Å². The van der Waals surface area contributed by atoms with Crippen molar-refractivity contribution in [1.82, 2.24) is 20.1 Å². The number of carbonyl (C=O) groups is 2. The Labute approximate surface area is 183 Å². The van der Waals surface area contributed by atoms with Gasteiger partial charge in [-0.05, 0) is 48.4 Å². The number of nitrogens with one attached hydrogen (secondary N) is 2. The molecule has 0 bridgehead atoms. The summed E-state index contributed by atoms with van der Waals surface area (Å²) in [6.07, 6.45) is 7.72. The molecule has 2 N–H and O–H groups in total. The van der Waals surface area contributed by atoms with E-state index in [0.29, 0.717) is 17.0 Å². The number of carbonyl (C=O) groups excluding carboxylic acids is 2. The Morgan fingerprint density at radius 1 is 1.09 bits per heavy atom. The summed E-state index contributed by atoms with van der Waals surface area (Å²) in [4.78, 5) is 29.0. The fourth-order valence-electron chi connectivity index (χ4n) is 3.26. The van der Waals surface area contributed by atoms with Gasteiger partial charge in [-0.25, -0.2) is 4.39 Å². The molecule has 0 saturated heterocycles. The lowest BCUT2D eigenvalue weighted by Gasteiger charge is -2.20. The van der Waals surface area contributed by atoms with Crippen molar-refractivity contribution < 1.29 is 18.4 Å². The van der Waals surface area contributed by atoms with Gasteiger partial charge >= 0.3 is 0 Å². The van der Waals surface area contributed by atoms with Gasteiger partial charge in [0.05, 0.1) is 29.8 Å². The second-order valence-corrected chi connectivity index (χ2v) is 7.10. The van der Waals surface area contributed by atoms with Gasteiger partial charge in [-0.2, -0.15) is 5.10 Å². The minimum atomic E-state index is -0.482. The number of anilines is 1. The molecule has 8 nitrogen and oxygen atoms in total. The zero-order valence-corrected chi connectivity index (χ0v) is 17.2. The van der Waals surface area contributed by atoms with E-state index in [1.807, 2.05) is 0 Å². The van der Waals surface area contributed by atoms with E-state index in [-0.39, 0.29) is 24.2 Å². The van der Waals surface area contributed by atoms with Crippen LogP contribution < -0.4 is 10.6 Å². The summed E-state index contributed by atoms with van der Waals surface area (Å²) < 4.78 is 19.9. The smallest absolute Gasteiger partial charge is 0.259 e. The van der Waals surface area contributed by atoms with Crippen molar-refractivity contribution in [1.29, 1.82) is 0 Å². The number of aromatic nitrogens is 3. The number of furan rings is 1. The molecular weight excluding hydrogens is 413 g/mol. The average Bonchev–Trinajstić information content (AvgIpc) is 3.42. The van der Waals surface area contributed by atoms with Gasteiger partial charge in [0.25, 0.3) is 5.91 Å². The topological polar surface area (TPSA) is 102 Å². The Morgan fingerprint density at radius 2 is 1.81 bits per heavy atom. The Morgan fingerprint density at radius 3 is 2.50 bits per heavy atom. The van der Waals surface area contributed by atoms with Crippen LogP contribution in [-0.2, 0) is 11.3 Å². The number of benzene rings is 1. The molecule has 1 aromatic carbocycles. The molecule has 2 amide bonds. The number of halogens is 1. The number of aryl methyl sites for hydroxylation is 1. The van der Waals surface area contributed by atoms with Gasteiger partial charge in [0.1, 0.15) is 18.1 Å². The van der Waals surface area contributed by atoms with Crippen molar-refractivity contribution in [2.45, 2.75) is 19.5 Å². The SMILES string of the molecule is Cc1occc1C(=O)Nc1cnn(CC(=O)NC(c2ccncc2)c2ccc(F)cc2)c1. The summed E-state index contributed by atoms with van der Waals surface area (Å²) in [5.74, 6) is -0.473. The summed E-state index contributed by atoms with van der Waals surface area (Å²) in [5, 5.41) is 9.80. The molecule has 32 heavy (non-hydrogen) atoms. The van der Waals surface area contributed by atoms with Crippen LogP contribution in [0.4, 0.5) is 10.1 Å². The van der Waals surface area contributed by atoms with Crippen molar-refractivity contribution in [3.05, 3.63) is 102 Å². The molecule has 1 unspecified atom stereocenters. The van der Waals surface area contributed by atoms with Crippen molar-refractivity contribution in [3.8, 4) is 0 Å². The van der Waals surface area contributed by atoms with E-state index >= 15 is 0 Å². The highest BCUT2D eigenvalue weighted by molar-refractivity contribution is 6.04. The molecule has 4 rings (SSSR count). The Hall–Kier alpha value is -4.27. The van der Waals surface area contributed by atoms with E-state index in [9.17, 15) is 14.0 Å². The molecule has 0 aliphatic heterocycles. The van der Waals surface area contributed by atoms with Gasteiger partial charge in [-0.3, -0.25) is 19.3 Å². The summed E-state index contributed by atoms with van der Waals surface area (Å²) in [5.41, 5.74) is 2.42. The van der Waals surface area contributed by atoms with E-state index in [2.05, 4.69) is 20.7 Å². The van der Waals surface area contributed by atoms with Crippen molar-refractivity contribution in [3.63, 3.8) is 0 Å². The lowest BCUT2D eigenvalue weighted by atomic mass is 9.99. The second kappa shape index (κ2) is 9.25. The van der Waals surface area contributed by atoms with Gasteiger partial charge in [-0.15, -0.1) is 0 Å². The first-order valence-corrected chi connectivity index (χ1v) is 9.82. The van der Waals surface area contributed by atoms with Crippen molar-refractivity contribution in [2.24, 2.45) is 0 Å². The zero-order valence-electron chi connectivity index (χ0n) is 17.2. The minimum absolute atomic E-state index is 0.0661. The molecule has 3 aromatic heterocycles. The van der Waals surface area contributed by atoms with Gasteiger partial charge < -0.3 is 15.1 Å². The maximum Gasteiger partial charge on any atom is 0.259 e. The van der Waals surface area contributed by atoms with Crippen molar-refractivity contribution >= 4 is 17.5 Å². The highest BCUT2D eigenvalue weighted by atomic mass is 19.1. The fourth-order valence-corrected chi connectivity index (χ4v) is 3.26. The number of pyridine rings is 1. The third kappa shape index (κ3) is 4.89. The van der Waals surface area contributed by atoms with Crippen LogP contribution in [0.5, 0.6) is 0 Å². The van der Waals surface area contributed by atoms with Gasteiger partial charge in [-0.1, -0.05) is 12.1 Å². The molecule has 9 heteroatoms. The molecule has 0 spiro atoms. The first kappa shape index (κ1) is 21.0. The molecule has 4 aromatic rings. The van der Waals surface area contributed by atoms with Crippen LogP contribution in [0.25, 0.3) is 0 Å². The Balaban J connectivity index is 1.44. The zero-order chi connectivity index (χ0) is 22.5. The van der Waals surface area contributed by atoms with E-state index in [1.165, 1.54) is 29.3 Å². The van der Waals surface area contributed by atoms with Gasteiger partial charge in [0.2, 0.25) is 5.91 Å². The summed E-state index contributed by atoms with van der Waals surface area (Å²) in [6, 6.07) is 10.6. The Kier molecular flexibility index (Phi) is 6.07. The predicted molar refractivity (Wildman–Crippen MR) is 114 cm³/mol. The number of hydrogen-bond donors (Lipinski definition) is 2. The minimum Gasteiger partial charge on any atom is -0.469 e. The standard InChI is InChI=1S/C23H20FN5O3/c1-15-20(8-11-32-15)23(31)27-19-12-26-29(13-19)14-21(30)28-22(17-6-9-25-10-7-17)16-2-4-18(24)5-3-16/h2-13,22H,14H2,1H3,(H,27,31)(H,28,30). The quantitative estimate of drug-likeness (QED) is 0.465. The monoisotopic (exact) mass is 433 g/mol. The third-order valence-electron chi connectivity index (χ3n) is 4.85. The van der Waals surface area contributed by atoms with Gasteiger partial charge in [0, 0.05) is 18.6 Å². The average molecular weight is 433 g/mol. The summed E-state index contributed by atoms with van der Waals surface area (Å²) >= 11 is 0. The maximum atomic E-state index is 13.4. The van der Waals surface area contributed by atoms with Crippen LogP contribution in [0.15, 0.2) is 77.9 Å². The van der Waals surface area contributed by atoms with E-state index in [4.69, 9.17) is 4.42 Å². The van der Waals surface area contributed by atoms with E-state index in [1.54, 1.807) is 55.8 Å². The number of hydrogen-bond acceptors (Lipinski definition) is 5. The Bertz CT molecular complexity index is 1220. The van der Waals surface area contributed by atoms with E-state index in [0.717, 1.165) is 11.1 Å². The number of rotatable bonds is 7. The normalized spacial score (nSPS) is 11.7. The summed E-state index contributed by atoms with van der Waals surface area (Å²) in [7, 11) is 0. The second-order valence-electron chi connectivity index (χ2n) is 7.10. The van der Waals surface area contributed by atoms with Crippen LogP contribution >= 0.6 is 0 Å². The first-order chi connectivity index (χ1) is 15.5. The molecule has 3 heterocycles. The highest BCUT2D eigenvalue weighted by Gasteiger charge is 2.18. The van der Waals surface area contributed by atoms with Crippen LogP contribution in [0.3, 0.4) is 0 Å². The predicted octanol–water partition coefficient (Wildman–Crippen LogP) is 3.48. The molecule has 1 atom stereocenters. The van der Waals surface area contributed by atoms with Crippen LogP contribution in [0.1, 0.15) is 33.3 Å². The molecule has 162 valence electrons. The number of nitrogens with zero attached hydrogens (tertiary/aromatic N) is 3. The van der Waals surface area contributed by atoms with Gasteiger partial charge in [0.15, 0.2) is 0 Å². The van der Waals surface area contributed by atoms with Crippen molar-refractivity contribution in [2.75, 3.05) is 5.32 Å². The van der Waals surface area contributed by atoms with E-state index < -0.39 is 6.04 Å². The first-order valence-electron chi connectivity index (χ1n) is 9.82. The molecular formula is C23H20FN5O3. The lowest BCUT2D eigenvalue weighted by Crippen LogP contribution is -2.32. The third-order valence-corrected chi connectivity index (χ3v) is 4.85. The summed E-state index contributed by atoms with van der Waals surface area (Å²) in [6.45, 7) is 1.63. The largest absolute Gasteiger partial charge is 0.469 e. The fraction of sp³-hybridized carbons (Fsp3) is 0.130. The molecule has 0 aliphatic carbocycles. The number of amides is 2. The highest BCUT2D eigenvalue weighted by Crippen LogP contribution is 2.22. The lowest BCUT2D eigenvalue weighted by molar-refractivity contribution is -0.122. The maximum absolute atomic E-state index is 13.4. The molecule has 0 aliphatic rings. The van der Waals surface area contributed by atoms with Crippen LogP contribution in [0, 0.1) is 12.7 Å².